The molecule has 0 spiro atoms. The number of nitrogens with one attached hydrogen (secondary N) is 1. The van der Waals surface area contributed by atoms with Crippen LogP contribution in [0, 0.1) is 0 Å². The van der Waals surface area contributed by atoms with Crippen LogP contribution in [-0.2, 0) is 6.42 Å². The number of hydrogen-bond donors (Lipinski definition) is 1. The number of aryl methyl sites for hydroxylation is 1. The SMILES string of the molecule is CCCNC(c1ccc(Br)o1)c1ccc(CC)o1. The van der Waals surface area contributed by atoms with Crippen molar-refractivity contribution in [2.24, 2.45) is 0 Å². The molecule has 0 bridgehead atoms. The molecule has 98 valence electrons. The highest BCUT2D eigenvalue weighted by Gasteiger charge is 2.20. The summed E-state index contributed by atoms with van der Waals surface area (Å²) in [7, 11) is 0. The third-order valence-corrected chi connectivity index (χ3v) is 3.22. The molecule has 0 fully saturated rings. The van der Waals surface area contributed by atoms with E-state index >= 15 is 0 Å². The fourth-order valence-corrected chi connectivity index (χ4v) is 2.17. The average Bonchev–Trinajstić information content (AvgIpc) is 2.99. The van der Waals surface area contributed by atoms with E-state index in [0.717, 1.165) is 41.3 Å². The van der Waals surface area contributed by atoms with E-state index < -0.39 is 0 Å². The Balaban J connectivity index is 2.24. The Kier molecular flexibility index (Phi) is 4.66. The maximum Gasteiger partial charge on any atom is 0.169 e. The van der Waals surface area contributed by atoms with Crippen LogP contribution in [0.1, 0.15) is 43.6 Å². The minimum Gasteiger partial charge on any atom is -0.464 e. The van der Waals surface area contributed by atoms with Crippen LogP contribution in [0.2, 0.25) is 0 Å². The second-order valence-corrected chi connectivity index (χ2v) is 4.97. The molecular weight excluding hydrogens is 294 g/mol. The molecule has 1 atom stereocenters. The summed E-state index contributed by atoms with van der Waals surface area (Å²) in [5.41, 5.74) is 0. The van der Waals surface area contributed by atoms with Gasteiger partial charge in [0.05, 0.1) is 0 Å². The molecule has 0 radical (unpaired) electrons. The molecule has 2 aromatic heterocycles. The molecule has 2 aromatic rings. The van der Waals surface area contributed by atoms with Crippen LogP contribution in [0.15, 0.2) is 37.8 Å². The molecule has 3 nitrogen and oxygen atoms in total. The lowest BCUT2D eigenvalue weighted by Crippen LogP contribution is -2.22. The van der Waals surface area contributed by atoms with Crippen molar-refractivity contribution in [3.05, 3.63) is 46.2 Å². The second-order valence-electron chi connectivity index (χ2n) is 4.19. The Morgan fingerprint density at radius 3 is 2.39 bits per heavy atom. The summed E-state index contributed by atoms with van der Waals surface area (Å²) in [5.74, 6) is 2.77. The Morgan fingerprint density at radius 2 is 1.83 bits per heavy atom. The van der Waals surface area contributed by atoms with Gasteiger partial charge in [-0.15, -0.1) is 0 Å². The molecule has 0 aliphatic rings. The van der Waals surface area contributed by atoms with Crippen molar-refractivity contribution in [1.29, 1.82) is 0 Å². The van der Waals surface area contributed by atoms with Gasteiger partial charge in [0.2, 0.25) is 0 Å². The first-order valence-corrected chi connectivity index (χ1v) is 7.11. The maximum absolute atomic E-state index is 5.82. The van der Waals surface area contributed by atoms with Gasteiger partial charge in [-0.1, -0.05) is 13.8 Å². The van der Waals surface area contributed by atoms with E-state index in [4.69, 9.17) is 8.83 Å². The molecule has 0 aliphatic carbocycles. The van der Waals surface area contributed by atoms with Crippen molar-refractivity contribution in [2.45, 2.75) is 32.7 Å². The summed E-state index contributed by atoms with van der Waals surface area (Å²) in [6.07, 6.45) is 1.97. The van der Waals surface area contributed by atoms with Gasteiger partial charge in [0.1, 0.15) is 23.3 Å². The largest absolute Gasteiger partial charge is 0.464 e. The van der Waals surface area contributed by atoms with Gasteiger partial charge in [0.15, 0.2) is 4.67 Å². The van der Waals surface area contributed by atoms with Crippen LogP contribution < -0.4 is 5.32 Å². The van der Waals surface area contributed by atoms with Crippen molar-refractivity contribution < 1.29 is 8.83 Å². The molecule has 0 aromatic carbocycles. The minimum atomic E-state index is -0.0171. The lowest BCUT2D eigenvalue weighted by atomic mass is 10.1. The van der Waals surface area contributed by atoms with E-state index in [1.54, 1.807) is 0 Å². The quantitative estimate of drug-likeness (QED) is 0.865. The summed E-state index contributed by atoms with van der Waals surface area (Å²) in [4.78, 5) is 0. The number of hydrogen-bond acceptors (Lipinski definition) is 3. The molecule has 1 unspecified atom stereocenters. The molecule has 18 heavy (non-hydrogen) atoms. The average molecular weight is 312 g/mol. The monoisotopic (exact) mass is 311 g/mol. The van der Waals surface area contributed by atoms with E-state index in [-0.39, 0.29) is 6.04 Å². The minimum absolute atomic E-state index is 0.0171. The van der Waals surface area contributed by atoms with Crippen LogP contribution in [0.3, 0.4) is 0 Å². The molecule has 4 heteroatoms. The molecule has 0 saturated carbocycles. The zero-order valence-electron chi connectivity index (χ0n) is 10.7. The van der Waals surface area contributed by atoms with Crippen LogP contribution >= 0.6 is 15.9 Å². The van der Waals surface area contributed by atoms with Gasteiger partial charge in [-0.25, -0.2) is 0 Å². The first-order chi connectivity index (χ1) is 8.74. The molecule has 2 rings (SSSR count). The van der Waals surface area contributed by atoms with Gasteiger partial charge >= 0.3 is 0 Å². The first-order valence-electron chi connectivity index (χ1n) is 6.31. The predicted octanol–water partition coefficient (Wildman–Crippen LogP) is 4.29. The summed E-state index contributed by atoms with van der Waals surface area (Å²) < 4.78 is 12.2. The summed E-state index contributed by atoms with van der Waals surface area (Å²) in [5, 5.41) is 3.44. The fourth-order valence-electron chi connectivity index (χ4n) is 1.85. The van der Waals surface area contributed by atoms with Crippen molar-refractivity contribution in [1.82, 2.24) is 5.32 Å². The predicted molar refractivity (Wildman–Crippen MR) is 74.6 cm³/mol. The number of halogens is 1. The van der Waals surface area contributed by atoms with Gasteiger partial charge in [0, 0.05) is 6.42 Å². The lowest BCUT2D eigenvalue weighted by molar-refractivity contribution is 0.371. The van der Waals surface area contributed by atoms with Crippen molar-refractivity contribution in [3.63, 3.8) is 0 Å². The first kappa shape index (κ1) is 13.4. The van der Waals surface area contributed by atoms with Crippen LogP contribution in [0.4, 0.5) is 0 Å². The van der Waals surface area contributed by atoms with Crippen molar-refractivity contribution in [3.8, 4) is 0 Å². The van der Waals surface area contributed by atoms with E-state index in [9.17, 15) is 0 Å². The van der Waals surface area contributed by atoms with Gasteiger partial charge < -0.3 is 14.2 Å². The van der Waals surface area contributed by atoms with Crippen molar-refractivity contribution >= 4 is 15.9 Å². The summed E-state index contributed by atoms with van der Waals surface area (Å²) in [6, 6.07) is 7.89. The van der Waals surface area contributed by atoms with E-state index in [2.05, 4.69) is 35.1 Å². The highest BCUT2D eigenvalue weighted by Crippen LogP contribution is 2.27. The molecule has 0 amide bonds. The van der Waals surface area contributed by atoms with Crippen molar-refractivity contribution in [2.75, 3.05) is 6.54 Å². The van der Waals surface area contributed by atoms with E-state index in [0.29, 0.717) is 0 Å². The van der Waals surface area contributed by atoms with E-state index in [1.165, 1.54) is 0 Å². The highest BCUT2D eigenvalue weighted by molar-refractivity contribution is 9.10. The zero-order valence-corrected chi connectivity index (χ0v) is 12.3. The topological polar surface area (TPSA) is 38.3 Å². The fraction of sp³-hybridized carbons (Fsp3) is 0.429. The molecule has 0 aliphatic heterocycles. The second kappa shape index (κ2) is 6.25. The van der Waals surface area contributed by atoms with E-state index in [1.807, 2.05) is 24.3 Å². The third-order valence-electron chi connectivity index (χ3n) is 2.79. The number of furan rings is 2. The Labute approximate surface area is 116 Å². The summed E-state index contributed by atoms with van der Waals surface area (Å²) >= 11 is 3.33. The Hall–Kier alpha value is -1.00. The molecule has 1 N–H and O–H groups in total. The molecular formula is C14H18BrNO2. The molecule has 0 saturated heterocycles. The van der Waals surface area contributed by atoms with Gasteiger partial charge in [-0.2, -0.15) is 0 Å². The van der Waals surface area contributed by atoms with Crippen LogP contribution in [0.5, 0.6) is 0 Å². The summed E-state index contributed by atoms with van der Waals surface area (Å²) in [6.45, 7) is 5.15. The Bertz CT molecular complexity index is 489. The zero-order chi connectivity index (χ0) is 13.0. The molecule has 2 heterocycles. The number of rotatable bonds is 6. The van der Waals surface area contributed by atoms with Gasteiger partial charge in [0.25, 0.3) is 0 Å². The third kappa shape index (κ3) is 3.06. The normalized spacial score (nSPS) is 12.8. The Morgan fingerprint density at radius 1 is 1.11 bits per heavy atom. The lowest BCUT2D eigenvalue weighted by Gasteiger charge is -2.13. The maximum atomic E-state index is 5.82. The van der Waals surface area contributed by atoms with Crippen LogP contribution in [-0.4, -0.2) is 6.54 Å². The van der Waals surface area contributed by atoms with Gasteiger partial charge in [-0.05, 0) is 53.2 Å². The standard InChI is InChI=1S/C14H18BrNO2/c1-3-9-16-14(12-7-8-13(15)18-12)11-6-5-10(4-2)17-11/h5-8,14,16H,3-4,9H2,1-2H3. The van der Waals surface area contributed by atoms with Gasteiger partial charge in [-0.3, -0.25) is 0 Å². The smallest absolute Gasteiger partial charge is 0.169 e. The highest BCUT2D eigenvalue weighted by atomic mass is 79.9. The van der Waals surface area contributed by atoms with Crippen LogP contribution in [0.25, 0.3) is 0 Å².